The molecular formula is C10H17ClN2O3. The molecule has 2 saturated heterocycles. The van der Waals surface area contributed by atoms with Gasteiger partial charge in [0.2, 0.25) is 0 Å². The lowest BCUT2D eigenvalue weighted by Crippen LogP contribution is -2.39. The lowest BCUT2D eigenvalue weighted by atomic mass is 10.0. The fraction of sp³-hybridized carbons (Fsp3) is 0.800. The third-order valence-electron chi connectivity index (χ3n) is 2.95. The molecule has 2 aliphatic heterocycles. The number of carbonyl (C=O) groups excluding carboxylic acids is 2. The SMILES string of the molecule is Cl.O=C1COC(=O)N1CCC1CCCCN1. The summed E-state index contributed by atoms with van der Waals surface area (Å²) in [6, 6.07) is 0.444. The van der Waals surface area contributed by atoms with E-state index in [0.29, 0.717) is 12.6 Å². The highest BCUT2D eigenvalue weighted by Crippen LogP contribution is 2.12. The summed E-state index contributed by atoms with van der Waals surface area (Å²) in [5, 5.41) is 3.38. The molecule has 0 aromatic carbocycles. The van der Waals surface area contributed by atoms with Gasteiger partial charge in [0.1, 0.15) is 0 Å². The molecule has 0 spiro atoms. The van der Waals surface area contributed by atoms with E-state index in [0.717, 1.165) is 19.4 Å². The van der Waals surface area contributed by atoms with Crippen LogP contribution in [-0.4, -0.2) is 42.6 Å². The first kappa shape index (κ1) is 13.3. The summed E-state index contributed by atoms with van der Waals surface area (Å²) in [5.41, 5.74) is 0. The number of hydrogen-bond acceptors (Lipinski definition) is 4. The van der Waals surface area contributed by atoms with Crippen molar-refractivity contribution in [3.8, 4) is 0 Å². The zero-order chi connectivity index (χ0) is 10.7. The lowest BCUT2D eigenvalue weighted by Gasteiger charge is -2.24. The van der Waals surface area contributed by atoms with Crippen LogP contribution in [0.1, 0.15) is 25.7 Å². The average Bonchev–Trinajstić information content (AvgIpc) is 2.58. The number of nitrogens with zero attached hydrogens (tertiary/aromatic N) is 1. The Morgan fingerprint density at radius 3 is 2.75 bits per heavy atom. The average molecular weight is 249 g/mol. The third kappa shape index (κ3) is 3.09. The number of ether oxygens (including phenoxy) is 1. The Morgan fingerprint density at radius 1 is 1.38 bits per heavy atom. The van der Waals surface area contributed by atoms with Gasteiger partial charge in [0.15, 0.2) is 6.61 Å². The van der Waals surface area contributed by atoms with Crippen LogP contribution < -0.4 is 5.32 Å². The second-order valence-corrected chi connectivity index (χ2v) is 4.04. The molecular weight excluding hydrogens is 232 g/mol. The third-order valence-corrected chi connectivity index (χ3v) is 2.95. The molecule has 92 valence electrons. The molecule has 2 rings (SSSR count). The van der Waals surface area contributed by atoms with Crippen molar-refractivity contribution in [2.24, 2.45) is 0 Å². The first-order chi connectivity index (χ1) is 7.27. The number of rotatable bonds is 3. The normalized spacial score (nSPS) is 25.2. The van der Waals surface area contributed by atoms with Crippen LogP contribution in [0.15, 0.2) is 0 Å². The van der Waals surface area contributed by atoms with Crippen molar-refractivity contribution in [1.82, 2.24) is 10.2 Å². The van der Waals surface area contributed by atoms with Crippen molar-refractivity contribution in [2.45, 2.75) is 31.7 Å². The zero-order valence-electron chi connectivity index (χ0n) is 9.11. The van der Waals surface area contributed by atoms with Gasteiger partial charge >= 0.3 is 6.09 Å². The number of nitrogens with one attached hydrogen (secondary N) is 1. The smallest absolute Gasteiger partial charge is 0.417 e. The predicted octanol–water partition coefficient (Wildman–Crippen LogP) is 0.919. The Hall–Kier alpha value is -0.810. The van der Waals surface area contributed by atoms with Gasteiger partial charge in [-0.2, -0.15) is 0 Å². The lowest BCUT2D eigenvalue weighted by molar-refractivity contribution is -0.126. The van der Waals surface area contributed by atoms with Crippen LogP contribution in [0.3, 0.4) is 0 Å². The number of halogens is 1. The van der Waals surface area contributed by atoms with Crippen LogP contribution in [-0.2, 0) is 9.53 Å². The van der Waals surface area contributed by atoms with Gasteiger partial charge in [0, 0.05) is 12.6 Å². The first-order valence-electron chi connectivity index (χ1n) is 5.48. The summed E-state index contributed by atoms with van der Waals surface area (Å²) in [7, 11) is 0. The Bertz CT molecular complexity index is 251. The van der Waals surface area contributed by atoms with E-state index in [4.69, 9.17) is 0 Å². The summed E-state index contributed by atoms with van der Waals surface area (Å²) < 4.78 is 4.63. The van der Waals surface area contributed by atoms with E-state index in [9.17, 15) is 9.59 Å². The van der Waals surface area contributed by atoms with Crippen molar-refractivity contribution in [1.29, 1.82) is 0 Å². The van der Waals surface area contributed by atoms with E-state index in [-0.39, 0.29) is 24.9 Å². The summed E-state index contributed by atoms with van der Waals surface area (Å²) in [6.45, 7) is 1.44. The van der Waals surface area contributed by atoms with E-state index >= 15 is 0 Å². The van der Waals surface area contributed by atoms with E-state index in [1.165, 1.54) is 17.7 Å². The maximum Gasteiger partial charge on any atom is 0.417 e. The molecule has 0 aromatic rings. The van der Waals surface area contributed by atoms with E-state index in [2.05, 4.69) is 10.1 Å². The highest BCUT2D eigenvalue weighted by atomic mass is 35.5. The molecule has 0 saturated carbocycles. The van der Waals surface area contributed by atoms with Crippen LogP contribution in [0.4, 0.5) is 4.79 Å². The molecule has 0 bridgehead atoms. The van der Waals surface area contributed by atoms with Gasteiger partial charge in [-0.15, -0.1) is 12.4 Å². The second kappa shape index (κ2) is 6.06. The highest BCUT2D eigenvalue weighted by Gasteiger charge is 2.31. The molecule has 2 aliphatic rings. The molecule has 1 unspecified atom stereocenters. The number of carbonyl (C=O) groups is 2. The van der Waals surface area contributed by atoms with Gasteiger partial charge in [0.25, 0.3) is 5.91 Å². The number of piperidine rings is 1. The Labute approximate surface area is 101 Å². The standard InChI is InChI=1S/C10H16N2O3.ClH/c13-9-7-15-10(14)12(9)6-4-8-3-1-2-5-11-8;/h8,11H,1-7H2;1H. The molecule has 2 amide bonds. The summed E-state index contributed by atoms with van der Waals surface area (Å²) in [6.07, 6.45) is 3.94. The van der Waals surface area contributed by atoms with Crippen LogP contribution in [0.2, 0.25) is 0 Å². The maximum absolute atomic E-state index is 11.2. The van der Waals surface area contributed by atoms with Crippen LogP contribution in [0.25, 0.3) is 0 Å². The highest BCUT2D eigenvalue weighted by molar-refractivity contribution is 5.97. The van der Waals surface area contributed by atoms with E-state index in [1.807, 2.05) is 0 Å². The molecule has 0 radical (unpaired) electrons. The predicted molar refractivity (Wildman–Crippen MR) is 60.6 cm³/mol. The van der Waals surface area contributed by atoms with Crippen molar-refractivity contribution < 1.29 is 14.3 Å². The molecule has 2 heterocycles. The minimum atomic E-state index is -0.490. The second-order valence-electron chi connectivity index (χ2n) is 4.04. The molecule has 6 heteroatoms. The topological polar surface area (TPSA) is 58.6 Å². The van der Waals surface area contributed by atoms with Gasteiger partial charge in [-0.3, -0.25) is 4.79 Å². The van der Waals surface area contributed by atoms with E-state index < -0.39 is 6.09 Å². The van der Waals surface area contributed by atoms with Crippen molar-refractivity contribution in [3.63, 3.8) is 0 Å². The Balaban J connectivity index is 0.00000128. The fourth-order valence-corrected chi connectivity index (χ4v) is 2.05. The zero-order valence-corrected chi connectivity index (χ0v) is 9.92. The molecule has 1 N–H and O–H groups in total. The minimum Gasteiger partial charge on any atom is -0.439 e. The van der Waals surface area contributed by atoms with Crippen LogP contribution in [0.5, 0.6) is 0 Å². The first-order valence-corrected chi connectivity index (χ1v) is 5.48. The van der Waals surface area contributed by atoms with Gasteiger partial charge in [-0.25, -0.2) is 9.69 Å². The molecule has 2 fully saturated rings. The van der Waals surface area contributed by atoms with E-state index in [1.54, 1.807) is 0 Å². The quantitative estimate of drug-likeness (QED) is 0.807. The summed E-state index contributed by atoms with van der Waals surface area (Å²) >= 11 is 0. The Kier molecular flexibility index (Phi) is 5.02. The van der Waals surface area contributed by atoms with Crippen LogP contribution in [0, 0.1) is 0 Å². The molecule has 16 heavy (non-hydrogen) atoms. The molecule has 1 atom stereocenters. The molecule has 0 aliphatic carbocycles. The van der Waals surface area contributed by atoms with Gasteiger partial charge in [-0.05, 0) is 25.8 Å². The molecule has 0 aromatic heterocycles. The van der Waals surface area contributed by atoms with Crippen molar-refractivity contribution in [3.05, 3.63) is 0 Å². The van der Waals surface area contributed by atoms with Gasteiger partial charge < -0.3 is 10.1 Å². The number of amides is 2. The van der Waals surface area contributed by atoms with Crippen LogP contribution >= 0.6 is 12.4 Å². The maximum atomic E-state index is 11.2. The number of hydrogen-bond donors (Lipinski definition) is 1. The van der Waals surface area contributed by atoms with Gasteiger partial charge in [-0.1, -0.05) is 6.42 Å². The summed E-state index contributed by atoms with van der Waals surface area (Å²) in [5.74, 6) is -0.212. The van der Waals surface area contributed by atoms with Crippen molar-refractivity contribution in [2.75, 3.05) is 19.7 Å². The summed E-state index contributed by atoms with van der Waals surface area (Å²) in [4.78, 5) is 23.5. The largest absolute Gasteiger partial charge is 0.439 e. The van der Waals surface area contributed by atoms with Gasteiger partial charge in [0.05, 0.1) is 0 Å². The Morgan fingerprint density at radius 2 is 2.19 bits per heavy atom. The molecule has 5 nitrogen and oxygen atoms in total. The minimum absolute atomic E-state index is 0. The monoisotopic (exact) mass is 248 g/mol. The number of imide groups is 1. The fourth-order valence-electron chi connectivity index (χ4n) is 2.05. The van der Waals surface area contributed by atoms with Crippen molar-refractivity contribution >= 4 is 24.4 Å². The number of cyclic esters (lactones) is 1.